The van der Waals surface area contributed by atoms with Gasteiger partial charge in [0, 0.05) is 12.7 Å². The van der Waals surface area contributed by atoms with E-state index in [2.05, 4.69) is 36.3 Å². The van der Waals surface area contributed by atoms with E-state index < -0.39 is 0 Å². The minimum atomic E-state index is -0.195. The number of primary amides is 1. The SMILES string of the molecule is Cc1cc(CNc2ccc(Cl)cn2)cc(C)c1C(C(N)=O)C1CCCC1. The van der Waals surface area contributed by atoms with Gasteiger partial charge < -0.3 is 11.1 Å². The Kier molecular flexibility index (Phi) is 5.82. The number of nitrogens with zero attached hydrogens (tertiary/aromatic N) is 1. The summed E-state index contributed by atoms with van der Waals surface area (Å²) in [5.41, 5.74) is 10.4. The summed E-state index contributed by atoms with van der Waals surface area (Å²) in [7, 11) is 0. The average molecular weight is 372 g/mol. The smallest absolute Gasteiger partial charge is 0.225 e. The van der Waals surface area contributed by atoms with Crippen LogP contribution >= 0.6 is 11.6 Å². The van der Waals surface area contributed by atoms with E-state index in [1.807, 2.05) is 12.1 Å². The molecule has 0 radical (unpaired) electrons. The number of rotatable bonds is 6. The van der Waals surface area contributed by atoms with Gasteiger partial charge in [0.1, 0.15) is 5.82 Å². The summed E-state index contributed by atoms with van der Waals surface area (Å²) in [6, 6.07) is 7.97. The standard InChI is InChI=1S/C21H26ClN3O/c1-13-9-15(11-24-18-8-7-17(22)12-25-18)10-14(2)19(13)20(21(23)26)16-5-3-4-6-16/h7-10,12,16,20H,3-6,11H2,1-2H3,(H2,23,26)(H,24,25). The van der Waals surface area contributed by atoms with Crippen LogP contribution in [0.5, 0.6) is 0 Å². The first-order valence-electron chi connectivity index (χ1n) is 9.20. The zero-order valence-electron chi connectivity index (χ0n) is 15.4. The van der Waals surface area contributed by atoms with Crippen molar-refractivity contribution in [2.24, 2.45) is 11.7 Å². The van der Waals surface area contributed by atoms with E-state index in [0.29, 0.717) is 17.5 Å². The largest absolute Gasteiger partial charge is 0.369 e. The molecule has 0 aliphatic heterocycles. The Morgan fingerprint density at radius 3 is 2.46 bits per heavy atom. The molecule has 0 spiro atoms. The molecule has 1 amide bonds. The van der Waals surface area contributed by atoms with Crippen molar-refractivity contribution in [3.63, 3.8) is 0 Å². The van der Waals surface area contributed by atoms with Gasteiger partial charge in [-0.25, -0.2) is 4.98 Å². The second-order valence-corrected chi connectivity index (χ2v) is 7.72. The summed E-state index contributed by atoms with van der Waals surface area (Å²) >= 11 is 5.87. The third-order valence-electron chi connectivity index (χ3n) is 5.34. The fraction of sp³-hybridized carbons (Fsp3) is 0.429. The third-order valence-corrected chi connectivity index (χ3v) is 5.57. The van der Waals surface area contributed by atoms with Crippen LogP contribution in [0.15, 0.2) is 30.5 Å². The minimum absolute atomic E-state index is 0.169. The molecule has 3 rings (SSSR count). The van der Waals surface area contributed by atoms with Crippen LogP contribution in [-0.2, 0) is 11.3 Å². The second-order valence-electron chi connectivity index (χ2n) is 7.28. The molecular weight excluding hydrogens is 346 g/mol. The van der Waals surface area contributed by atoms with Crippen LogP contribution in [0.25, 0.3) is 0 Å². The second kappa shape index (κ2) is 8.09. The van der Waals surface area contributed by atoms with Gasteiger partial charge in [-0.3, -0.25) is 4.79 Å². The molecule has 2 aromatic rings. The highest BCUT2D eigenvalue weighted by Gasteiger charge is 2.32. The highest BCUT2D eigenvalue weighted by Crippen LogP contribution is 2.39. The fourth-order valence-electron chi connectivity index (χ4n) is 4.23. The van der Waals surface area contributed by atoms with Crippen LogP contribution in [0.2, 0.25) is 5.02 Å². The first-order chi connectivity index (χ1) is 12.5. The molecule has 1 heterocycles. The Morgan fingerprint density at radius 1 is 1.27 bits per heavy atom. The molecule has 0 saturated heterocycles. The molecule has 1 saturated carbocycles. The lowest BCUT2D eigenvalue weighted by atomic mass is 9.79. The molecule has 138 valence electrons. The van der Waals surface area contributed by atoms with Crippen molar-refractivity contribution in [1.29, 1.82) is 0 Å². The molecule has 4 nitrogen and oxygen atoms in total. The van der Waals surface area contributed by atoms with Crippen LogP contribution in [0.3, 0.4) is 0 Å². The van der Waals surface area contributed by atoms with Gasteiger partial charge in [-0.05, 0) is 67.0 Å². The van der Waals surface area contributed by atoms with E-state index in [1.54, 1.807) is 6.20 Å². The zero-order valence-corrected chi connectivity index (χ0v) is 16.1. The van der Waals surface area contributed by atoms with E-state index in [4.69, 9.17) is 17.3 Å². The van der Waals surface area contributed by atoms with E-state index in [1.165, 1.54) is 12.8 Å². The number of aryl methyl sites for hydroxylation is 2. The van der Waals surface area contributed by atoms with Gasteiger partial charge in [-0.15, -0.1) is 0 Å². The lowest BCUT2D eigenvalue weighted by Crippen LogP contribution is -2.28. The van der Waals surface area contributed by atoms with Gasteiger partial charge >= 0.3 is 0 Å². The Morgan fingerprint density at radius 2 is 1.92 bits per heavy atom. The van der Waals surface area contributed by atoms with Crippen LogP contribution < -0.4 is 11.1 Å². The molecule has 1 atom stereocenters. The molecule has 26 heavy (non-hydrogen) atoms. The number of anilines is 1. The first-order valence-corrected chi connectivity index (χ1v) is 9.58. The number of amides is 1. The first kappa shape index (κ1) is 18.7. The summed E-state index contributed by atoms with van der Waals surface area (Å²) < 4.78 is 0. The number of hydrogen-bond acceptors (Lipinski definition) is 3. The molecule has 1 aromatic carbocycles. The number of hydrogen-bond donors (Lipinski definition) is 2. The quantitative estimate of drug-likeness (QED) is 0.771. The average Bonchev–Trinajstić information content (AvgIpc) is 3.11. The summed E-state index contributed by atoms with van der Waals surface area (Å²) in [6.07, 6.45) is 6.21. The summed E-state index contributed by atoms with van der Waals surface area (Å²) in [4.78, 5) is 16.5. The number of nitrogens with two attached hydrogens (primary N) is 1. The molecule has 1 aliphatic rings. The highest BCUT2D eigenvalue weighted by molar-refractivity contribution is 6.30. The molecule has 1 unspecified atom stereocenters. The normalized spacial score (nSPS) is 15.8. The highest BCUT2D eigenvalue weighted by atomic mass is 35.5. The van der Waals surface area contributed by atoms with Crippen LogP contribution in [-0.4, -0.2) is 10.9 Å². The van der Waals surface area contributed by atoms with Crippen molar-refractivity contribution in [2.45, 2.75) is 52.0 Å². The van der Waals surface area contributed by atoms with Crippen molar-refractivity contribution in [2.75, 3.05) is 5.32 Å². The number of benzene rings is 1. The Labute approximate surface area is 160 Å². The lowest BCUT2D eigenvalue weighted by molar-refractivity contribution is -0.120. The minimum Gasteiger partial charge on any atom is -0.369 e. The number of nitrogens with one attached hydrogen (secondary N) is 1. The van der Waals surface area contributed by atoms with Gasteiger partial charge in [0.15, 0.2) is 0 Å². The van der Waals surface area contributed by atoms with Gasteiger partial charge in [-0.1, -0.05) is 36.6 Å². The molecule has 5 heteroatoms. The van der Waals surface area contributed by atoms with Gasteiger partial charge in [0.05, 0.1) is 10.9 Å². The van der Waals surface area contributed by atoms with Crippen molar-refractivity contribution < 1.29 is 4.79 Å². The zero-order chi connectivity index (χ0) is 18.7. The summed E-state index contributed by atoms with van der Waals surface area (Å²) in [5, 5.41) is 3.93. The molecule has 0 bridgehead atoms. The molecule has 1 aromatic heterocycles. The van der Waals surface area contributed by atoms with Gasteiger partial charge in [-0.2, -0.15) is 0 Å². The van der Waals surface area contributed by atoms with Crippen molar-refractivity contribution >= 4 is 23.3 Å². The van der Waals surface area contributed by atoms with Crippen LogP contribution in [0, 0.1) is 19.8 Å². The molecule has 1 aliphatic carbocycles. The van der Waals surface area contributed by atoms with E-state index >= 15 is 0 Å². The molecule has 3 N–H and O–H groups in total. The predicted octanol–water partition coefficient (Wildman–Crippen LogP) is 4.72. The number of aromatic nitrogens is 1. The van der Waals surface area contributed by atoms with E-state index in [-0.39, 0.29) is 11.8 Å². The Bertz CT molecular complexity index is 759. The van der Waals surface area contributed by atoms with Crippen molar-refractivity contribution in [3.05, 3.63) is 57.7 Å². The summed E-state index contributed by atoms with van der Waals surface area (Å²) in [6.45, 7) is 4.83. The number of carbonyl (C=O) groups is 1. The van der Waals surface area contributed by atoms with E-state index in [9.17, 15) is 4.79 Å². The molecule has 1 fully saturated rings. The van der Waals surface area contributed by atoms with E-state index in [0.717, 1.165) is 40.9 Å². The summed E-state index contributed by atoms with van der Waals surface area (Å²) in [5.74, 6) is 0.804. The fourth-order valence-corrected chi connectivity index (χ4v) is 4.34. The van der Waals surface area contributed by atoms with Crippen molar-refractivity contribution in [1.82, 2.24) is 4.98 Å². The monoisotopic (exact) mass is 371 g/mol. The maximum absolute atomic E-state index is 12.2. The van der Waals surface area contributed by atoms with Crippen LogP contribution in [0.4, 0.5) is 5.82 Å². The Balaban J connectivity index is 1.80. The van der Waals surface area contributed by atoms with Gasteiger partial charge in [0.25, 0.3) is 0 Å². The maximum atomic E-state index is 12.2. The Hall–Kier alpha value is -2.07. The van der Waals surface area contributed by atoms with Crippen LogP contribution in [0.1, 0.15) is 53.9 Å². The molecular formula is C21H26ClN3O. The third kappa shape index (κ3) is 4.18. The van der Waals surface area contributed by atoms with Gasteiger partial charge in [0.2, 0.25) is 5.91 Å². The number of carbonyl (C=O) groups excluding carboxylic acids is 1. The topological polar surface area (TPSA) is 68.0 Å². The number of halogens is 1. The lowest BCUT2D eigenvalue weighted by Gasteiger charge is -2.25. The predicted molar refractivity (Wildman–Crippen MR) is 106 cm³/mol. The number of pyridine rings is 1. The van der Waals surface area contributed by atoms with Crippen molar-refractivity contribution in [3.8, 4) is 0 Å². The maximum Gasteiger partial charge on any atom is 0.225 e.